The smallest absolute Gasteiger partial charge is 0.221 e. The molecule has 4 heteroatoms. The van der Waals surface area contributed by atoms with Crippen LogP contribution in [0.15, 0.2) is 29.3 Å². The Morgan fingerprint density at radius 3 is 2.54 bits per heavy atom. The van der Waals surface area contributed by atoms with E-state index in [4.69, 9.17) is 11.6 Å². The number of nitrogens with zero attached hydrogens (tertiary/aromatic N) is 1. The topological polar surface area (TPSA) is 29.4 Å². The first-order chi connectivity index (χ1) is 11.5. The lowest BCUT2D eigenvalue weighted by Crippen LogP contribution is -2.05. The van der Waals surface area contributed by atoms with Crippen LogP contribution in [0.3, 0.4) is 0 Å². The molecule has 0 aromatic heterocycles. The highest BCUT2D eigenvalue weighted by Crippen LogP contribution is 2.54. The number of hydrogen-bond acceptors (Lipinski definition) is 2. The number of aliphatic imine (C=N–C) groups is 1. The van der Waals surface area contributed by atoms with Crippen molar-refractivity contribution in [3.05, 3.63) is 35.7 Å². The normalized spacial score (nSPS) is 29.5. The van der Waals surface area contributed by atoms with Gasteiger partial charge < -0.3 is 0 Å². The fourth-order valence-electron chi connectivity index (χ4n) is 4.88. The van der Waals surface area contributed by atoms with E-state index in [1.165, 1.54) is 11.6 Å². The van der Waals surface area contributed by atoms with E-state index in [0.717, 1.165) is 36.9 Å². The lowest BCUT2D eigenvalue weighted by molar-refractivity contribution is -0.112. The molecule has 0 saturated heterocycles. The summed E-state index contributed by atoms with van der Waals surface area (Å²) >= 11 is 5.54. The third-order valence-corrected chi connectivity index (χ3v) is 5.91. The Morgan fingerprint density at radius 1 is 1.33 bits per heavy atom. The molecule has 0 amide bonds. The molecule has 2 saturated carbocycles. The number of carbonyl (C=O) groups is 1. The molecule has 1 aromatic rings. The van der Waals surface area contributed by atoms with Crippen LogP contribution in [0.5, 0.6) is 0 Å². The van der Waals surface area contributed by atoms with Gasteiger partial charge in [0.2, 0.25) is 5.24 Å². The minimum absolute atomic E-state index is 0.216. The van der Waals surface area contributed by atoms with E-state index < -0.39 is 0 Å². The molecule has 3 rings (SSSR count). The van der Waals surface area contributed by atoms with E-state index in [9.17, 15) is 9.18 Å². The highest BCUT2D eigenvalue weighted by Gasteiger charge is 2.43. The van der Waals surface area contributed by atoms with Crippen molar-refractivity contribution in [3.63, 3.8) is 0 Å². The van der Waals surface area contributed by atoms with Crippen molar-refractivity contribution in [2.45, 2.75) is 39.0 Å². The van der Waals surface area contributed by atoms with E-state index in [-0.39, 0.29) is 11.1 Å². The third kappa shape index (κ3) is 3.46. The first-order valence-electron chi connectivity index (χ1n) is 8.63. The summed E-state index contributed by atoms with van der Waals surface area (Å²) in [4.78, 5) is 15.2. The summed E-state index contributed by atoms with van der Waals surface area (Å²) in [7, 11) is 0. The van der Waals surface area contributed by atoms with Crippen molar-refractivity contribution < 1.29 is 9.18 Å². The minimum atomic E-state index is -0.240. The fraction of sp³-hybridized carbons (Fsp3) is 0.500. The predicted molar refractivity (Wildman–Crippen MR) is 97.2 cm³/mol. The summed E-state index contributed by atoms with van der Waals surface area (Å²) in [5.74, 6) is 1.94. The van der Waals surface area contributed by atoms with Gasteiger partial charge in [-0.3, -0.25) is 9.79 Å². The number of hydrogen-bond donors (Lipinski definition) is 0. The van der Waals surface area contributed by atoms with Gasteiger partial charge >= 0.3 is 0 Å². The molecule has 1 aromatic carbocycles. The molecule has 4 atom stereocenters. The van der Waals surface area contributed by atoms with Crippen molar-refractivity contribution >= 4 is 34.8 Å². The van der Waals surface area contributed by atoms with Crippen LogP contribution in [0.4, 0.5) is 10.1 Å². The van der Waals surface area contributed by atoms with Crippen molar-refractivity contribution in [2.75, 3.05) is 0 Å². The maximum absolute atomic E-state index is 13.7. The van der Waals surface area contributed by atoms with Gasteiger partial charge in [-0.2, -0.15) is 0 Å². The Kier molecular flexibility index (Phi) is 5.19. The Bertz CT molecular complexity index is 670. The molecule has 0 radical (unpaired) electrons. The lowest BCUT2D eigenvalue weighted by Gasteiger charge is -2.19. The molecule has 128 valence electrons. The molecule has 2 aliphatic rings. The summed E-state index contributed by atoms with van der Waals surface area (Å²) in [6.07, 6.45) is 6.98. The molecule has 0 spiro atoms. The van der Waals surface area contributed by atoms with Gasteiger partial charge in [0.25, 0.3) is 0 Å². The summed E-state index contributed by atoms with van der Waals surface area (Å²) in [5, 5.41) is -0.216. The highest BCUT2D eigenvalue weighted by molar-refractivity contribution is 6.63. The van der Waals surface area contributed by atoms with E-state index >= 15 is 0 Å². The SMILES string of the molecule is C=Nc1ccc(F)cc1/C(=C\C)C1C[C@H]2CC(CC(=O)Cl)C[C@H]2C1. The fourth-order valence-corrected chi connectivity index (χ4v) is 5.10. The van der Waals surface area contributed by atoms with Crippen LogP contribution in [0.2, 0.25) is 0 Å². The van der Waals surface area contributed by atoms with Gasteiger partial charge in [-0.25, -0.2) is 4.39 Å². The summed E-state index contributed by atoms with van der Waals surface area (Å²) in [6, 6.07) is 4.69. The van der Waals surface area contributed by atoms with Crippen molar-refractivity contribution in [3.8, 4) is 0 Å². The average Bonchev–Trinajstić information content (AvgIpc) is 3.06. The second-order valence-corrected chi connectivity index (χ2v) is 7.57. The van der Waals surface area contributed by atoms with Crippen LogP contribution in [-0.2, 0) is 4.79 Å². The first kappa shape index (κ1) is 17.3. The van der Waals surface area contributed by atoms with Crippen molar-refractivity contribution in [1.82, 2.24) is 0 Å². The molecule has 2 aliphatic carbocycles. The average molecular weight is 348 g/mol. The van der Waals surface area contributed by atoms with Crippen LogP contribution in [0, 0.1) is 29.5 Å². The van der Waals surface area contributed by atoms with Gasteiger partial charge in [0.15, 0.2) is 0 Å². The number of halogens is 2. The maximum Gasteiger partial charge on any atom is 0.221 e. The summed E-state index contributed by atoms with van der Waals surface area (Å²) in [6.45, 7) is 5.63. The molecule has 2 fully saturated rings. The van der Waals surface area contributed by atoms with Crippen LogP contribution < -0.4 is 0 Å². The molecule has 2 nitrogen and oxygen atoms in total. The predicted octanol–water partition coefficient (Wildman–Crippen LogP) is 5.77. The third-order valence-electron chi connectivity index (χ3n) is 5.75. The standard InChI is InChI=1S/C20H23ClFNO/c1-3-17(18-11-16(22)4-5-19(18)23-2)15-9-13-6-12(8-20(21)24)7-14(13)10-15/h3-5,11-15H,2,6-10H2,1H3/b17-3-/t12?,13-,14+,15?. The van der Waals surface area contributed by atoms with Crippen LogP contribution in [0.1, 0.15) is 44.6 Å². The second-order valence-electron chi connectivity index (χ2n) is 7.15. The zero-order valence-electron chi connectivity index (χ0n) is 14.0. The van der Waals surface area contributed by atoms with Gasteiger partial charge in [0.05, 0.1) is 5.69 Å². The van der Waals surface area contributed by atoms with E-state index in [1.54, 1.807) is 12.1 Å². The number of benzene rings is 1. The number of rotatable bonds is 5. The largest absolute Gasteiger partial charge is 0.281 e. The Balaban J connectivity index is 1.76. The lowest BCUT2D eigenvalue weighted by atomic mass is 9.86. The molecular weight excluding hydrogens is 325 g/mol. The molecule has 0 bridgehead atoms. The van der Waals surface area contributed by atoms with E-state index in [1.807, 2.05) is 6.92 Å². The van der Waals surface area contributed by atoms with Gasteiger partial charge in [0, 0.05) is 12.0 Å². The first-order valence-corrected chi connectivity index (χ1v) is 9.00. The minimum Gasteiger partial charge on any atom is -0.281 e. The number of fused-ring (bicyclic) bond motifs is 1. The molecule has 2 unspecified atom stereocenters. The second kappa shape index (κ2) is 7.18. The van der Waals surface area contributed by atoms with Crippen LogP contribution in [-0.4, -0.2) is 12.0 Å². The van der Waals surface area contributed by atoms with Crippen molar-refractivity contribution in [1.29, 1.82) is 0 Å². The Morgan fingerprint density at radius 2 is 2.00 bits per heavy atom. The number of allylic oxidation sites excluding steroid dienone is 2. The molecular formula is C20H23ClFNO. The quantitative estimate of drug-likeness (QED) is 0.491. The van der Waals surface area contributed by atoms with E-state index in [0.29, 0.717) is 30.1 Å². The molecule has 0 heterocycles. The van der Waals surface area contributed by atoms with Crippen LogP contribution >= 0.6 is 11.6 Å². The van der Waals surface area contributed by atoms with Gasteiger partial charge in [0.1, 0.15) is 5.82 Å². The van der Waals surface area contributed by atoms with Gasteiger partial charge in [-0.15, -0.1) is 0 Å². The molecule has 24 heavy (non-hydrogen) atoms. The highest BCUT2D eigenvalue weighted by atomic mass is 35.5. The summed E-state index contributed by atoms with van der Waals surface area (Å²) < 4.78 is 13.7. The monoisotopic (exact) mass is 347 g/mol. The zero-order chi connectivity index (χ0) is 17.3. The Hall–Kier alpha value is -1.48. The summed E-state index contributed by atoms with van der Waals surface area (Å²) in [5.41, 5.74) is 2.79. The Labute approximate surface area is 147 Å². The molecule has 0 aliphatic heterocycles. The van der Waals surface area contributed by atoms with Crippen LogP contribution in [0.25, 0.3) is 5.57 Å². The molecule has 0 N–H and O–H groups in total. The zero-order valence-corrected chi connectivity index (χ0v) is 14.7. The number of carbonyl (C=O) groups excluding carboxylic acids is 1. The van der Waals surface area contributed by atoms with Gasteiger partial charge in [-0.05, 0) is 98.4 Å². The van der Waals surface area contributed by atoms with E-state index in [2.05, 4.69) is 17.8 Å². The maximum atomic E-state index is 13.7. The van der Waals surface area contributed by atoms with Gasteiger partial charge in [-0.1, -0.05) is 6.08 Å². The van der Waals surface area contributed by atoms with Crippen molar-refractivity contribution in [2.24, 2.45) is 28.7 Å².